The fraction of sp³-hybridized carbons (Fsp3) is 0.917. The maximum atomic E-state index is 11.9. The fourth-order valence-corrected chi connectivity index (χ4v) is 2.13. The van der Waals surface area contributed by atoms with Crippen molar-refractivity contribution >= 4 is 18.3 Å². The molecule has 1 saturated heterocycles. The molecule has 96 valence electrons. The molecule has 0 aromatic heterocycles. The molecule has 2 N–H and O–H groups in total. The summed E-state index contributed by atoms with van der Waals surface area (Å²) < 4.78 is 0. The molecule has 1 amide bonds. The Morgan fingerprint density at radius 3 is 2.69 bits per heavy atom. The van der Waals surface area contributed by atoms with Gasteiger partial charge in [0.15, 0.2) is 0 Å². The first-order chi connectivity index (χ1) is 7.15. The topological polar surface area (TPSA) is 46.3 Å². The first kappa shape index (κ1) is 15.7. The van der Waals surface area contributed by atoms with E-state index in [2.05, 4.69) is 13.8 Å². The highest BCUT2D eigenvalue weighted by molar-refractivity contribution is 5.85. The smallest absolute Gasteiger partial charge is 0.222 e. The van der Waals surface area contributed by atoms with Crippen LogP contribution in [0.5, 0.6) is 0 Å². The Morgan fingerprint density at radius 2 is 2.12 bits per heavy atom. The van der Waals surface area contributed by atoms with Crippen molar-refractivity contribution in [3.8, 4) is 0 Å². The van der Waals surface area contributed by atoms with Crippen LogP contribution in [-0.4, -0.2) is 29.9 Å². The highest BCUT2D eigenvalue weighted by atomic mass is 35.5. The monoisotopic (exact) mass is 248 g/mol. The van der Waals surface area contributed by atoms with Crippen LogP contribution in [0.1, 0.15) is 46.0 Å². The van der Waals surface area contributed by atoms with Crippen molar-refractivity contribution in [1.29, 1.82) is 0 Å². The number of hydrogen-bond donors (Lipinski definition) is 1. The average molecular weight is 249 g/mol. The molecule has 3 nitrogen and oxygen atoms in total. The highest BCUT2D eigenvalue weighted by Crippen LogP contribution is 2.18. The summed E-state index contributed by atoms with van der Waals surface area (Å²) in [5.74, 6) is 0.911. The number of nitrogens with zero attached hydrogens (tertiary/aromatic N) is 1. The summed E-state index contributed by atoms with van der Waals surface area (Å²) in [7, 11) is 0. The normalized spacial score (nSPS) is 20.8. The Balaban J connectivity index is 0.00000225. The van der Waals surface area contributed by atoms with Crippen LogP contribution in [0.3, 0.4) is 0 Å². The van der Waals surface area contributed by atoms with Gasteiger partial charge in [-0.2, -0.15) is 0 Å². The van der Waals surface area contributed by atoms with Gasteiger partial charge in [0.1, 0.15) is 0 Å². The van der Waals surface area contributed by atoms with Crippen LogP contribution in [0.15, 0.2) is 0 Å². The summed E-state index contributed by atoms with van der Waals surface area (Å²) in [6.07, 6.45) is 5.13. The minimum atomic E-state index is 0. The lowest BCUT2D eigenvalue weighted by Crippen LogP contribution is -2.47. The number of hydrogen-bond acceptors (Lipinski definition) is 2. The van der Waals surface area contributed by atoms with Gasteiger partial charge in [-0.05, 0) is 31.6 Å². The standard InChI is InChI=1S/C12H24N2O.ClH/c1-10(2)6-7-12(15)14-8-4-3-5-11(14)9-13;/h10-11H,3-9,13H2,1-2H3;1H. The third kappa shape index (κ3) is 4.71. The summed E-state index contributed by atoms with van der Waals surface area (Å²) in [4.78, 5) is 13.9. The Bertz CT molecular complexity index is 209. The van der Waals surface area contributed by atoms with Gasteiger partial charge < -0.3 is 10.6 Å². The van der Waals surface area contributed by atoms with Crippen molar-refractivity contribution in [2.45, 2.75) is 52.0 Å². The number of halogens is 1. The van der Waals surface area contributed by atoms with E-state index in [0.717, 1.165) is 25.8 Å². The molecular weight excluding hydrogens is 224 g/mol. The van der Waals surface area contributed by atoms with Crippen LogP contribution in [0.4, 0.5) is 0 Å². The van der Waals surface area contributed by atoms with Gasteiger partial charge in [0, 0.05) is 25.6 Å². The average Bonchev–Trinajstić information content (AvgIpc) is 2.25. The molecule has 0 aromatic carbocycles. The van der Waals surface area contributed by atoms with E-state index in [1.807, 2.05) is 4.90 Å². The van der Waals surface area contributed by atoms with Crippen molar-refractivity contribution in [1.82, 2.24) is 4.90 Å². The quantitative estimate of drug-likeness (QED) is 0.829. The highest BCUT2D eigenvalue weighted by Gasteiger charge is 2.24. The van der Waals surface area contributed by atoms with Crippen LogP contribution in [-0.2, 0) is 4.79 Å². The predicted octanol–water partition coefficient (Wildman–Crippen LogP) is 2.18. The van der Waals surface area contributed by atoms with E-state index in [0.29, 0.717) is 30.8 Å². The largest absolute Gasteiger partial charge is 0.338 e. The van der Waals surface area contributed by atoms with Crippen LogP contribution >= 0.6 is 12.4 Å². The molecular formula is C12H25ClN2O. The van der Waals surface area contributed by atoms with Gasteiger partial charge >= 0.3 is 0 Å². The molecule has 0 bridgehead atoms. The third-order valence-corrected chi connectivity index (χ3v) is 3.16. The number of carbonyl (C=O) groups is 1. The first-order valence-electron chi connectivity index (χ1n) is 6.14. The van der Waals surface area contributed by atoms with Crippen molar-refractivity contribution < 1.29 is 4.79 Å². The van der Waals surface area contributed by atoms with Gasteiger partial charge in [0.05, 0.1) is 0 Å². The first-order valence-corrected chi connectivity index (χ1v) is 6.14. The van der Waals surface area contributed by atoms with Gasteiger partial charge in [-0.15, -0.1) is 12.4 Å². The predicted molar refractivity (Wildman–Crippen MR) is 69.7 cm³/mol. The molecule has 1 aliphatic heterocycles. The maximum absolute atomic E-state index is 11.9. The number of rotatable bonds is 4. The molecule has 4 heteroatoms. The van der Waals surface area contributed by atoms with Crippen LogP contribution < -0.4 is 5.73 Å². The number of piperidine rings is 1. The second-order valence-electron chi connectivity index (χ2n) is 4.90. The molecule has 1 fully saturated rings. The van der Waals surface area contributed by atoms with Gasteiger partial charge in [-0.1, -0.05) is 13.8 Å². The zero-order chi connectivity index (χ0) is 11.3. The number of amides is 1. The second kappa shape index (κ2) is 7.91. The molecule has 1 aliphatic rings. The molecule has 16 heavy (non-hydrogen) atoms. The van der Waals surface area contributed by atoms with Crippen molar-refractivity contribution in [3.05, 3.63) is 0 Å². The minimum Gasteiger partial charge on any atom is -0.338 e. The van der Waals surface area contributed by atoms with Crippen molar-refractivity contribution in [3.63, 3.8) is 0 Å². The summed E-state index contributed by atoms with van der Waals surface area (Å²) in [5, 5.41) is 0. The van der Waals surface area contributed by atoms with Gasteiger partial charge in [0.2, 0.25) is 5.91 Å². The van der Waals surface area contributed by atoms with Crippen LogP contribution in [0.2, 0.25) is 0 Å². The van der Waals surface area contributed by atoms with E-state index in [1.54, 1.807) is 0 Å². The van der Waals surface area contributed by atoms with E-state index in [-0.39, 0.29) is 12.4 Å². The molecule has 0 aromatic rings. The minimum absolute atomic E-state index is 0. The molecule has 1 heterocycles. The Hall–Kier alpha value is -0.280. The molecule has 1 rings (SSSR count). The zero-order valence-electron chi connectivity index (χ0n) is 10.4. The Morgan fingerprint density at radius 1 is 1.44 bits per heavy atom. The SMILES string of the molecule is CC(C)CCC(=O)N1CCCCC1CN.Cl. The van der Waals surface area contributed by atoms with Gasteiger partial charge in [0.25, 0.3) is 0 Å². The lowest BCUT2D eigenvalue weighted by Gasteiger charge is -2.35. The zero-order valence-corrected chi connectivity index (χ0v) is 11.3. The molecule has 0 radical (unpaired) electrons. The van der Waals surface area contributed by atoms with E-state index in [9.17, 15) is 4.79 Å². The van der Waals surface area contributed by atoms with Crippen LogP contribution in [0.25, 0.3) is 0 Å². The summed E-state index contributed by atoms with van der Waals surface area (Å²) in [6, 6.07) is 0.304. The van der Waals surface area contributed by atoms with E-state index >= 15 is 0 Å². The molecule has 0 spiro atoms. The molecule has 1 unspecified atom stereocenters. The lowest BCUT2D eigenvalue weighted by atomic mass is 10.0. The van der Waals surface area contributed by atoms with E-state index < -0.39 is 0 Å². The Labute approximate surface area is 105 Å². The molecule has 1 atom stereocenters. The number of nitrogens with two attached hydrogens (primary N) is 1. The van der Waals surface area contributed by atoms with Crippen molar-refractivity contribution in [2.24, 2.45) is 11.7 Å². The summed E-state index contributed by atoms with van der Waals surface area (Å²) in [5.41, 5.74) is 5.69. The summed E-state index contributed by atoms with van der Waals surface area (Å²) >= 11 is 0. The molecule has 0 saturated carbocycles. The summed E-state index contributed by atoms with van der Waals surface area (Å²) in [6.45, 7) is 5.85. The van der Waals surface area contributed by atoms with E-state index in [4.69, 9.17) is 5.73 Å². The van der Waals surface area contributed by atoms with Crippen LogP contribution in [0, 0.1) is 5.92 Å². The molecule has 0 aliphatic carbocycles. The number of carbonyl (C=O) groups excluding carboxylic acids is 1. The second-order valence-corrected chi connectivity index (χ2v) is 4.90. The van der Waals surface area contributed by atoms with Gasteiger partial charge in [-0.25, -0.2) is 0 Å². The maximum Gasteiger partial charge on any atom is 0.222 e. The Kier molecular flexibility index (Phi) is 7.77. The van der Waals surface area contributed by atoms with Gasteiger partial charge in [-0.3, -0.25) is 4.79 Å². The number of likely N-dealkylation sites (tertiary alicyclic amines) is 1. The van der Waals surface area contributed by atoms with E-state index in [1.165, 1.54) is 6.42 Å². The van der Waals surface area contributed by atoms with Crippen molar-refractivity contribution in [2.75, 3.05) is 13.1 Å². The fourth-order valence-electron chi connectivity index (χ4n) is 2.13. The third-order valence-electron chi connectivity index (χ3n) is 3.16. The lowest BCUT2D eigenvalue weighted by molar-refractivity contribution is -0.134.